The summed E-state index contributed by atoms with van der Waals surface area (Å²) in [7, 11) is 0. The first-order valence-corrected chi connectivity index (χ1v) is 4.69. The third kappa shape index (κ3) is 1.14. The molecule has 3 heteroatoms. The van der Waals surface area contributed by atoms with E-state index < -0.39 is 0 Å². The Bertz CT molecular complexity index is 366. The number of rotatable bonds is 2. The number of H-pyrrole nitrogens is 1. The van der Waals surface area contributed by atoms with Gasteiger partial charge in [-0.2, -0.15) is 5.26 Å². The summed E-state index contributed by atoms with van der Waals surface area (Å²) in [4.78, 5) is 7.67. The quantitative estimate of drug-likeness (QED) is 0.745. The SMILES string of the molecule is CCc1nc(C2(C#N)CC2)[nH]c1C. The lowest BCUT2D eigenvalue weighted by atomic mass is 10.1. The van der Waals surface area contributed by atoms with E-state index in [1.165, 1.54) is 0 Å². The molecule has 0 radical (unpaired) electrons. The molecule has 1 aliphatic rings. The molecule has 1 aromatic rings. The van der Waals surface area contributed by atoms with Crippen LogP contribution in [-0.4, -0.2) is 9.97 Å². The van der Waals surface area contributed by atoms with Gasteiger partial charge in [0.25, 0.3) is 0 Å². The molecule has 0 aliphatic heterocycles. The fourth-order valence-corrected chi connectivity index (χ4v) is 1.59. The fourth-order valence-electron chi connectivity index (χ4n) is 1.59. The Morgan fingerprint density at radius 1 is 1.62 bits per heavy atom. The Labute approximate surface area is 77.8 Å². The van der Waals surface area contributed by atoms with Crippen molar-refractivity contribution in [2.75, 3.05) is 0 Å². The summed E-state index contributed by atoms with van der Waals surface area (Å²) in [6.07, 6.45) is 2.85. The van der Waals surface area contributed by atoms with Crippen molar-refractivity contribution in [3.63, 3.8) is 0 Å². The van der Waals surface area contributed by atoms with Crippen LogP contribution in [0.1, 0.15) is 37.0 Å². The van der Waals surface area contributed by atoms with E-state index in [2.05, 4.69) is 23.0 Å². The molecule has 0 saturated heterocycles. The van der Waals surface area contributed by atoms with Gasteiger partial charge in [-0.15, -0.1) is 0 Å². The van der Waals surface area contributed by atoms with Crippen molar-refractivity contribution < 1.29 is 0 Å². The van der Waals surface area contributed by atoms with Crippen LogP contribution >= 0.6 is 0 Å². The normalized spacial score (nSPS) is 18.2. The molecular weight excluding hydrogens is 162 g/mol. The third-order valence-electron chi connectivity index (χ3n) is 2.74. The van der Waals surface area contributed by atoms with Crippen LogP contribution in [0, 0.1) is 18.3 Å². The maximum Gasteiger partial charge on any atom is 0.127 e. The molecule has 0 spiro atoms. The summed E-state index contributed by atoms with van der Waals surface area (Å²) < 4.78 is 0. The average molecular weight is 175 g/mol. The lowest BCUT2D eigenvalue weighted by Crippen LogP contribution is -2.05. The Kier molecular flexibility index (Phi) is 1.66. The zero-order chi connectivity index (χ0) is 9.47. The molecule has 0 atom stereocenters. The van der Waals surface area contributed by atoms with Crippen LogP contribution < -0.4 is 0 Å². The van der Waals surface area contributed by atoms with Crippen molar-refractivity contribution in [3.05, 3.63) is 17.2 Å². The third-order valence-corrected chi connectivity index (χ3v) is 2.74. The summed E-state index contributed by atoms with van der Waals surface area (Å²) >= 11 is 0. The second kappa shape index (κ2) is 2.59. The molecule has 68 valence electrons. The topological polar surface area (TPSA) is 52.5 Å². The highest BCUT2D eigenvalue weighted by Crippen LogP contribution is 2.46. The average Bonchev–Trinajstić information content (AvgIpc) is 2.85. The summed E-state index contributed by atoms with van der Waals surface area (Å²) in [5.41, 5.74) is 1.94. The van der Waals surface area contributed by atoms with E-state index in [4.69, 9.17) is 5.26 Å². The summed E-state index contributed by atoms with van der Waals surface area (Å²) in [5.74, 6) is 0.879. The second-order valence-corrected chi connectivity index (χ2v) is 3.70. The van der Waals surface area contributed by atoms with E-state index in [0.29, 0.717) is 0 Å². The molecule has 3 nitrogen and oxygen atoms in total. The van der Waals surface area contributed by atoms with Crippen LogP contribution in [0.25, 0.3) is 0 Å². The van der Waals surface area contributed by atoms with Gasteiger partial charge in [-0.1, -0.05) is 6.92 Å². The first-order chi connectivity index (χ1) is 6.22. The monoisotopic (exact) mass is 175 g/mol. The first kappa shape index (κ1) is 8.31. The van der Waals surface area contributed by atoms with Crippen molar-refractivity contribution in [3.8, 4) is 6.07 Å². The number of aromatic amines is 1. The zero-order valence-electron chi connectivity index (χ0n) is 8.02. The molecule has 1 N–H and O–H groups in total. The van der Waals surface area contributed by atoms with Crippen molar-refractivity contribution in [2.24, 2.45) is 0 Å². The highest BCUT2D eigenvalue weighted by Gasteiger charge is 2.47. The second-order valence-electron chi connectivity index (χ2n) is 3.70. The maximum atomic E-state index is 8.97. The van der Waals surface area contributed by atoms with Crippen molar-refractivity contribution in [1.29, 1.82) is 5.26 Å². The number of hydrogen-bond acceptors (Lipinski definition) is 2. The predicted molar refractivity (Wildman–Crippen MR) is 49.2 cm³/mol. The van der Waals surface area contributed by atoms with Crippen LogP contribution in [-0.2, 0) is 11.8 Å². The van der Waals surface area contributed by atoms with Crippen LogP contribution in [0.5, 0.6) is 0 Å². The molecule has 2 rings (SSSR count). The Balaban J connectivity index is 2.38. The van der Waals surface area contributed by atoms with E-state index >= 15 is 0 Å². The molecule has 0 unspecified atom stereocenters. The molecular formula is C10H13N3. The van der Waals surface area contributed by atoms with Crippen molar-refractivity contribution >= 4 is 0 Å². The lowest BCUT2D eigenvalue weighted by Gasteiger charge is -1.97. The molecule has 0 aromatic carbocycles. The van der Waals surface area contributed by atoms with Gasteiger partial charge >= 0.3 is 0 Å². The molecule has 0 amide bonds. The van der Waals surface area contributed by atoms with E-state index in [-0.39, 0.29) is 5.41 Å². The van der Waals surface area contributed by atoms with Gasteiger partial charge in [-0.05, 0) is 26.2 Å². The summed E-state index contributed by atoms with van der Waals surface area (Å²) in [5, 5.41) is 8.97. The maximum absolute atomic E-state index is 8.97. The van der Waals surface area contributed by atoms with Crippen molar-refractivity contribution in [2.45, 2.75) is 38.5 Å². The van der Waals surface area contributed by atoms with Crippen LogP contribution in [0.2, 0.25) is 0 Å². The van der Waals surface area contributed by atoms with E-state index in [9.17, 15) is 0 Å². The standard InChI is InChI=1S/C10H13N3/c1-3-8-7(2)12-9(13-8)10(6-11)4-5-10/h3-5H2,1-2H3,(H,12,13). The fraction of sp³-hybridized carbons (Fsp3) is 0.600. The number of imidazole rings is 1. The van der Waals surface area contributed by atoms with Gasteiger partial charge in [-0.3, -0.25) is 0 Å². The van der Waals surface area contributed by atoms with Crippen molar-refractivity contribution in [1.82, 2.24) is 9.97 Å². The summed E-state index contributed by atoms with van der Waals surface area (Å²) in [6, 6.07) is 2.34. The molecule has 0 bridgehead atoms. The van der Waals surface area contributed by atoms with Gasteiger partial charge in [-0.25, -0.2) is 4.98 Å². The number of nitriles is 1. The minimum Gasteiger partial charge on any atom is -0.345 e. The molecule has 1 heterocycles. The van der Waals surface area contributed by atoms with E-state index in [1.54, 1.807) is 0 Å². The Hall–Kier alpha value is -1.30. The van der Waals surface area contributed by atoms with Gasteiger partial charge in [0.05, 0.1) is 11.8 Å². The Morgan fingerprint density at radius 2 is 2.31 bits per heavy atom. The Morgan fingerprint density at radius 3 is 2.69 bits per heavy atom. The minimum absolute atomic E-state index is 0.266. The lowest BCUT2D eigenvalue weighted by molar-refractivity contribution is 0.813. The van der Waals surface area contributed by atoms with Crippen LogP contribution in [0.3, 0.4) is 0 Å². The summed E-state index contributed by atoms with van der Waals surface area (Å²) in [6.45, 7) is 4.10. The highest BCUT2D eigenvalue weighted by molar-refractivity contribution is 5.32. The number of aromatic nitrogens is 2. The molecule has 1 aromatic heterocycles. The molecule has 13 heavy (non-hydrogen) atoms. The molecule has 1 saturated carbocycles. The number of nitrogens with zero attached hydrogens (tertiary/aromatic N) is 2. The van der Waals surface area contributed by atoms with E-state index in [1.807, 2.05) is 6.92 Å². The zero-order valence-corrected chi connectivity index (χ0v) is 8.02. The van der Waals surface area contributed by atoms with Gasteiger partial charge < -0.3 is 4.98 Å². The number of aryl methyl sites for hydroxylation is 2. The number of hydrogen-bond donors (Lipinski definition) is 1. The molecule has 1 aliphatic carbocycles. The predicted octanol–water partition coefficient (Wildman–Crippen LogP) is 1.84. The number of nitrogens with one attached hydrogen (secondary N) is 1. The largest absolute Gasteiger partial charge is 0.345 e. The molecule has 1 fully saturated rings. The van der Waals surface area contributed by atoms with Crippen LogP contribution in [0.4, 0.5) is 0 Å². The van der Waals surface area contributed by atoms with Gasteiger partial charge in [0.15, 0.2) is 0 Å². The van der Waals surface area contributed by atoms with Gasteiger partial charge in [0.1, 0.15) is 11.2 Å². The van der Waals surface area contributed by atoms with Crippen LogP contribution in [0.15, 0.2) is 0 Å². The van der Waals surface area contributed by atoms with Gasteiger partial charge in [0, 0.05) is 5.69 Å². The minimum atomic E-state index is -0.266. The highest BCUT2D eigenvalue weighted by atomic mass is 15.0. The van der Waals surface area contributed by atoms with E-state index in [0.717, 1.165) is 36.5 Å². The first-order valence-electron chi connectivity index (χ1n) is 4.69. The smallest absolute Gasteiger partial charge is 0.127 e. The van der Waals surface area contributed by atoms with Gasteiger partial charge in [0.2, 0.25) is 0 Å².